The Hall–Kier alpha value is -2.30. The SMILES string of the molecule is COC(=O)c1ccc(-c2ccco2)nc1OC. The van der Waals surface area contributed by atoms with Crippen LogP contribution in [0.25, 0.3) is 11.5 Å². The van der Waals surface area contributed by atoms with Crippen LogP contribution < -0.4 is 4.74 Å². The van der Waals surface area contributed by atoms with Crippen molar-refractivity contribution >= 4 is 5.97 Å². The molecule has 0 aliphatic rings. The molecule has 0 bridgehead atoms. The predicted molar refractivity (Wildman–Crippen MR) is 59.8 cm³/mol. The monoisotopic (exact) mass is 233 g/mol. The molecule has 2 aromatic heterocycles. The number of carbonyl (C=O) groups is 1. The van der Waals surface area contributed by atoms with Gasteiger partial charge in [-0.3, -0.25) is 0 Å². The molecule has 0 unspecified atom stereocenters. The van der Waals surface area contributed by atoms with E-state index >= 15 is 0 Å². The van der Waals surface area contributed by atoms with Gasteiger partial charge in [0.2, 0.25) is 5.88 Å². The van der Waals surface area contributed by atoms with Crippen LogP contribution in [-0.2, 0) is 4.74 Å². The van der Waals surface area contributed by atoms with E-state index in [4.69, 9.17) is 9.15 Å². The first-order valence-electron chi connectivity index (χ1n) is 4.93. The van der Waals surface area contributed by atoms with Crippen molar-refractivity contribution in [3.63, 3.8) is 0 Å². The number of hydrogen-bond donors (Lipinski definition) is 0. The van der Waals surface area contributed by atoms with Crippen molar-refractivity contribution in [1.29, 1.82) is 0 Å². The van der Waals surface area contributed by atoms with Gasteiger partial charge in [-0.1, -0.05) is 0 Å². The molecule has 0 amide bonds. The minimum absolute atomic E-state index is 0.214. The summed E-state index contributed by atoms with van der Waals surface area (Å²) < 4.78 is 14.9. The van der Waals surface area contributed by atoms with Gasteiger partial charge in [0.05, 0.1) is 20.5 Å². The summed E-state index contributed by atoms with van der Waals surface area (Å²) in [5, 5.41) is 0. The fourth-order valence-electron chi connectivity index (χ4n) is 1.42. The van der Waals surface area contributed by atoms with E-state index in [2.05, 4.69) is 9.72 Å². The van der Waals surface area contributed by atoms with Crippen LogP contribution in [0.2, 0.25) is 0 Å². The van der Waals surface area contributed by atoms with E-state index in [0.717, 1.165) is 0 Å². The van der Waals surface area contributed by atoms with Gasteiger partial charge in [-0.2, -0.15) is 0 Å². The Bertz CT molecular complexity index is 519. The molecule has 0 saturated heterocycles. The molecule has 0 aliphatic heterocycles. The number of aromatic nitrogens is 1. The van der Waals surface area contributed by atoms with E-state index in [1.165, 1.54) is 14.2 Å². The summed E-state index contributed by atoms with van der Waals surface area (Å²) in [6, 6.07) is 6.81. The van der Waals surface area contributed by atoms with E-state index in [0.29, 0.717) is 11.5 Å². The van der Waals surface area contributed by atoms with Crippen LogP contribution in [0.4, 0.5) is 0 Å². The first-order valence-corrected chi connectivity index (χ1v) is 4.93. The Balaban J connectivity index is 2.44. The number of rotatable bonds is 3. The summed E-state index contributed by atoms with van der Waals surface area (Å²) in [4.78, 5) is 15.6. The third-order valence-corrected chi connectivity index (χ3v) is 2.23. The number of pyridine rings is 1. The van der Waals surface area contributed by atoms with Crippen LogP contribution in [0.15, 0.2) is 34.9 Å². The lowest BCUT2D eigenvalue weighted by Gasteiger charge is -2.06. The zero-order chi connectivity index (χ0) is 12.3. The Morgan fingerprint density at radius 3 is 2.71 bits per heavy atom. The minimum Gasteiger partial charge on any atom is -0.480 e. The average Bonchev–Trinajstić information content (AvgIpc) is 2.91. The van der Waals surface area contributed by atoms with E-state index in [1.54, 1.807) is 30.5 Å². The molecule has 17 heavy (non-hydrogen) atoms. The van der Waals surface area contributed by atoms with Gasteiger partial charge in [0, 0.05) is 0 Å². The van der Waals surface area contributed by atoms with Crippen LogP contribution >= 0.6 is 0 Å². The standard InChI is InChI=1S/C12H11NO4/c1-15-11-8(12(14)16-2)5-6-9(13-11)10-4-3-7-17-10/h3-7H,1-2H3. The predicted octanol–water partition coefficient (Wildman–Crippen LogP) is 2.14. The van der Waals surface area contributed by atoms with Gasteiger partial charge in [0.25, 0.3) is 0 Å². The van der Waals surface area contributed by atoms with Crippen molar-refractivity contribution in [3.8, 4) is 17.3 Å². The topological polar surface area (TPSA) is 61.6 Å². The van der Waals surface area contributed by atoms with Crippen LogP contribution in [-0.4, -0.2) is 25.2 Å². The van der Waals surface area contributed by atoms with Gasteiger partial charge in [-0.05, 0) is 24.3 Å². The summed E-state index contributed by atoms with van der Waals surface area (Å²) in [6.45, 7) is 0. The van der Waals surface area contributed by atoms with Crippen molar-refractivity contribution in [3.05, 3.63) is 36.1 Å². The Morgan fingerprint density at radius 1 is 1.29 bits per heavy atom. The Labute approximate surface area is 98.0 Å². The number of methoxy groups -OCH3 is 2. The van der Waals surface area contributed by atoms with Crippen LogP contribution in [0.5, 0.6) is 5.88 Å². The second kappa shape index (κ2) is 4.69. The van der Waals surface area contributed by atoms with E-state index in [9.17, 15) is 4.79 Å². The van der Waals surface area contributed by atoms with Gasteiger partial charge < -0.3 is 13.9 Å². The largest absolute Gasteiger partial charge is 0.480 e. The van der Waals surface area contributed by atoms with E-state index in [-0.39, 0.29) is 11.4 Å². The third-order valence-electron chi connectivity index (χ3n) is 2.23. The lowest BCUT2D eigenvalue weighted by Crippen LogP contribution is -2.05. The maximum atomic E-state index is 11.4. The zero-order valence-corrected chi connectivity index (χ0v) is 9.47. The summed E-state index contributed by atoms with van der Waals surface area (Å²) in [7, 11) is 2.75. The van der Waals surface area contributed by atoms with Crippen LogP contribution in [0.1, 0.15) is 10.4 Å². The summed E-state index contributed by atoms with van der Waals surface area (Å²) in [6.07, 6.45) is 1.55. The number of furan rings is 1. The maximum absolute atomic E-state index is 11.4. The van der Waals surface area contributed by atoms with E-state index in [1.807, 2.05) is 0 Å². The van der Waals surface area contributed by atoms with Gasteiger partial charge >= 0.3 is 5.97 Å². The van der Waals surface area contributed by atoms with Crippen LogP contribution in [0.3, 0.4) is 0 Å². The van der Waals surface area contributed by atoms with Crippen molar-refractivity contribution in [1.82, 2.24) is 4.98 Å². The smallest absolute Gasteiger partial charge is 0.343 e. The molecule has 5 heteroatoms. The molecule has 2 aromatic rings. The minimum atomic E-state index is -0.486. The number of esters is 1. The van der Waals surface area contributed by atoms with Crippen molar-refractivity contribution in [2.24, 2.45) is 0 Å². The van der Waals surface area contributed by atoms with E-state index < -0.39 is 5.97 Å². The molecule has 0 N–H and O–H groups in total. The molecular weight excluding hydrogens is 222 g/mol. The fraction of sp³-hybridized carbons (Fsp3) is 0.167. The first kappa shape index (κ1) is 11.2. The second-order valence-electron chi connectivity index (χ2n) is 3.22. The quantitative estimate of drug-likeness (QED) is 0.760. The summed E-state index contributed by atoms with van der Waals surface area (Å²) >= 11 is 0. The van der Waals surface area contributed by atoms with Crippen molar-refractivity contribution in [2.75, 3.05) is 14.2 Å². The molecule has 0 fully saturated rings. The summed E-state index contributed by atoms with van der Waals surface area (Å²) in [5.74, 6) is 0.339. The molecule has 0 radical (unpaired) electrons. The molecule has 2 rings (SSSR count). The Morgan fingerprint density at radius 2 is 2.12 bits per heavy atom. The average molecular weight is 233 g/mol. The molecule has 0 aromatic carbocycles. The van der Waals surface area contributed by atoms with Crippen molar-refractivity contribution in [2.45, 2.75) is 0 Å². The molecule has 5 nitrogen and oxygen atoms in total. The highest BCUT2D eigenvalue weighted by molar-refractivity contribution is 5.92. The van der Waals surface area contributed by atoms with Crippen molar-refractivity contribution < 1.29 is 18.7 Å². The second-order valence-corrected chi connectivity index (χ2v) is 3.22. The highest BCUT2D eigenvalue weighted by Crippen LogP contribution is 2.23. The molecule has 0 saturated carbocycles. The number of ether oxygens (including phenoxy) is 2. The lowest BCUT2D eigenvalue weighted by atomic mass is 10.2. The van der Waals surface area contributed by atoms with Gasteiger partial charge in [-0.25, -0.2) is 9.78 Å². The molecule has 0 atom stereocenters. The van der Waals surface area contributed by atoms with Crippen LogP contribution in [0, 0.1) is 0 Å². The van der Waals surface area contributed by atoms with Gasteiger partial charge in [0.1, 0.15) is 11.3 Å². The zero-order valence-electron chi connectivity index (χ0n) is 9.47. The number of carbonyl (C=O) groups excluding carboxylic acids is 1. The third kappa shape index (κ3) is 2.13. The molecule has 2 heterocycles. The molecule has 0 aliphatic carbocycles. The number of hydrogen-bond acceptors (Lipinski definition) is 5. The van der Waals surface area contributed by atoms with Gasteiger partial charge in [0.15, 0.2) is 5.76 Å². The summed E-state index contributed by atoms with van der Waals surface area (Å²) in [5.41, 5.74) is 0.879. The normalized spacial score (nSPS) is 10.0. The number of nitrogens with zero attached hydrogens (tertiary/aromatic N) is 1. The fourth-order valence-corrected chi connectivity index (χ4v) is 1.42. The molecule has 0 spiro atoms. The molecule has 88 valence electrons. The first-order chi connectivity index (χ1) is 8.26. The highest BCUT2D eigenvalue weighted by atomic mass is 16.5. The Kier molecular flexibility index (Phi) is 3.09. The maximum Gasteiger partial charge on any atom is 0.343 e. The van der Waals surface area contributed by atoms with Gasteiger partial charge in [-0.15, -0.1) is 0 Å². The highest BCUT2D eigenvalue weighted by Gasteiger charge is 2.15. The lowest BCUT2D eigenvalue weighted by molar-refractivity contribution is 0.0596. The molecular formula is C12H11NO4.